The normalized spacial score (nSPS) is 24.2. The summed E-state index contributed by atoms with van der Waals surface area (Å²) in [5.41, 5.74) is 1.06. The lowest BCUT2D eigenvalue weighted by Crippen LogP contribution is -2.35. The zero-order chi connectivity index (χ0) is 13.1. The van der Waals surface area contributed by atoms with Crippen LogP contribution in [0.15, 0.2) is 0 Å². The molecule has 102 valence electrons. The van der Waals surface area contributed by atoms with Gasteiger partial charge < -0.3 is 10.0 Å². The maximum Gasteiger partial charge on any atom is 0.185 e. The van der Waals surface area contributed by atoms with Crippen LogP contribution in [-0.4, -0.2) is 23.2 Å². The summed E-state index contributed by atoms with van der Waals surface area (Å²) in [4.78, 5) is 8.05. The maximum absolute atomic E-state index is 9.35. The molecule has 2 rings (SSSR count). The fraction of sp³-hybridized carbons (Fsp3) is 0.786. The van der Waals surface area contributed by atoms with Gasteiger partial charge in [0.05, 0.1) is 17.2 Å². The van der Waals surface area contributed by atoms with E-state index in [1.165, 1.54) is 25.7 Å². The van der Waals surface area contributed by atoms with Crippen LogP contribution < -0.4 is 4.90 Å². The maximum atomic E-state index is 9.35. The largest absolute Gasteiger partial charge is 0.391 e. The van der Waals surface area contributed by atoms with Gasteiger partial charge in [-0.05, 0) is 25.2 Å². The predicted octanol–water partition coefficient (Wildman–Crippen LogP) is 3.21. The van der Waals surface area contributed by atoms with Gasteiger partial charge in [-0.2, -0.15) is 0 Å². The van der Waals surface area contributed by atoms with Crippen molar-refractivity contribution in [1.82, 2.24) is 4.98 Å². The van der Waals surface area contributed by atoms with Crippen LogP contribution in [0.1, 0.15) is 50.1 Å². The van der Waals surface area contributed by atoms with Crippen LogP contribution in [0.25, 0.3) is 0 Å². The molecule has 2 atom stereocenters. The van der Waals surface area contributed by atoms with Crippen molar-refractivity contribution >= 4 is 16.5 Å². The van der Waals surface area contributed by atoms with E-state index < -0.39 is 0 Å². The summed E-state index contributed by atoms with van der Waals surface area (Å²) in [6.45, 7) is 4.56. The average Bonchev–Trinajstić information content (AvgIpc) is 2.81. The lowest BCUT2D eigenvalue weighted by molar-refractivity contribution is 0.284. The summed E-state index contributed by atoms with van der Waals surface area (Å²) >= 11 is 1.65. The second kappa shape index (κ2) is 6.02. The van der Waals surface area contributed by atoms with Crippen molar-refractivity contribution in [3.05, 3.63) is 10.6 Å². The molecule has 1 N–H and O–H groups in total. The average molecular weight is 268 g/mol. The Labute approximate surface area is 114 Å². The van der Waals surface area contributed by atoms with E-state index in [1.54, 1.807) is 11.3 Å². The van der Waals surface area contributed by atoms with Crippen LogP contribution in [0.5, 0.6) is 0 Å². The fourth-order valence-electron chi connectivity index (χ4n) is 2.83. The monoisotopic (exact) mass is 268 g/mol. The molecule has 0 saturated heterocycles. The van der Waals surface area contributed by atoms with Crippen molar-refractivity contribution < 1.29 is 5.11 Å². The first-order valence-corrected chi connectivity index (χ1v) is 7.79. The number of hydrogen-bond acceptors (Lipinski definition) is 4. The van der Waals surface area contributed by atoms with Gasteiger partial charge in [-0.1, -0.05) is 38.0 Å². The molecule has 1 aliphatic rings. The van der Waals surface area contributed by atoms with Crippen molar-refractivity contribution in [2.75, 3.05) is 11.9 Å². The van der Waals surface area contributed by atoms with Crippen molar-refractivity contribution in [1.29, 1.82) is 0 Å². The molecule has 4 heteroatoms. The standard InChI is InChI=1S/C14H24N2OS/c1-4-12-13(9-17)18-14(15-12)16(3)11-7-5-6-10(2)8-11/h10-11,17H,4-9H2,1-3H3. The van der Waals surface area contributed by atoms with Gasteiger partial charge in [-0.15, -0.1) is 0 Å². The second-order valence-electron chi connectivity index (χ2n) is 5.41. The molecular weight excluding hydrogens is 244 g/mol. The number of anilines is 1. The zero-order valence-corrected chi connectivity index (χ0v) is 12.5. The predicted molar refractivity (Wildman–Crippen MR) is 77.2 cm³/mol. The van der Waals surface area contributed by atoms with E-state index in [2.05, 4.69) is 30.8 Å². The minimum absolute atomic E-state index is 0.121. The molecule has 3 nitrogen and oxygen atoms in total. The summed E-state index contributed by atoms with van der Waals surface area (Å²) < 4.78 is 0. The Morgan fingerprint density at radius 1 is 1.44 bits per heavy atom. The molecule has 2 unspecified atom stereocenters. The number of thiazole rings is 1. The number of aliphatic hydroxyl groups is 1. The third kappa shape index (κ3) is 2.86. The third-order valence-corrected chi connectivity index (χ3v) is 5.18. The van der Waals surface area contributed by atoms with E-state index in [0.717, 1.165) is 28.0 Å². The number of aromatic nitrogens is 1. The van der Waals surface area contributed by atoms with Gasteiger partial charge in [-0.25, -0.2) is 4.98 Å². The highest BCUT2D eigenvalue weighted by Crippen LogP contribution is 2.33. The van der Waals surface area contributed by atoms with Crippen LogP contribution in [0.3, 0.4) is 0 Å². The van der Waals surface area contributed by atoms with Crippen molar-refractivity contribution in [2.24, 2.45) is 5.92 Å². The van der Waals surface area contributed by atoms with Crippen molar-refractivity contribution in [2.45, 2.75) is 58.6 Å². The Morgan fingerprint density at radius 3 is 2.78 bits per heavy atom. The number of nitrogens with zero attached hydrogens (tertiary/aromatic N) is 2. The Morgan fingerprint density at radius 2 is 2.22 bits per heavy atom. The number of aryl methyl sites for hydroxylation is 1. The van der Waals surface area contributed by atoms with Crippen molar-refractivity contribution in [3.8, 4) is 0 Å². The number of hydrogen-bond donors (Lipinski definition) is 1. The Bertz CT molecular complexity index is 370. The molecule has 0 aliphatic heterocycles. The highest BCUT2D eigenvalue weighted by atomic mass is 32.1. The smallest absolute Gasteiger partial charge is 0.185 e. The highest BCUT2D eigenvalue weighted by Gasteiger charge is 2.24. The van der Waals surface area contributed by atoms with Crippen LogP contribution in [0.4, 0.5) is 5.13 Å². The van der Waals surface area contributed by atoms with Gasteiger partial charge in [-0.3, -0.25) is 0 Å². The quantitative estimate of drug-likeness (QED) is 0.911. The van der Waals surface area contributed by atoms with E-state index >= 15 is 0 Å². The van der Waals surface area contributed by atoms with E-state index in [-0.39, 0.29) is 6.61 Å². The molecule has 1 aromatic rings. The second-order valence-corrected chi connectivity index (χ2v) is 6.48. The van der Waals surface area contributed by atoms with E-state index in [9.17, 15) is 5.11 Å². The Balaban J connectivity index is 2.12. The van der Waals surface area contributed by atoms with Gasteiger partial charge in [0.1, 0.15) is 0 Å². The SMILES string of the molecule is CCc1nc(N(C)C2CCCC(C)C2)sc1CO. The number of aliphatic hydroxyl groups excluding tert-OH is 1. The van der Waals surface area contributed by atoms with Crippen LogP contribution in [0, 0.1) is 5.92 Å². The molecule has 0 radical (unpaired) electrons. The van der Waals surface area contributed by atoms with E-state index in [4.69, 9.17) is 0 Å². The molecule has 18 heavy (non-hydrogen) atoms. The van der Waals surface area contributed by atoms with Gasteiger partial charge in [0, 0.05) is 13.1 Å². The third-order valence-electron chi connectivity index (χ3n) is 4.00. The summed E-state index contributed by atoms with van der Waals surface area (Å²) in [5.74, 6) is 0.828. The Hall–Kier alpha value is -0.610. The molecule has 1 aliphatic carbocycles. The van der Waals surface area contributed by atoms with E-state index in [0.29, 0.717) is 6.04 Å². The molecule has 1 saturated carbocycles. The molecule has 0 bridgehead atoms. The summed E-state index contributed by atoms with van der Waals surface area (Å²) in [6, 6.07) is 0.621. The van der Waals surface area contributed by atoms with Crippen LogP contribution >= 0.6 is 11.3 Å². The Kier molecular flexibility index (Phi) is 4.62. The first-order chi connectivity index (χ1) is 8.65. The highest BCUT2D eigenvalue weighted by molar-refractivity contribution is 7.15. The molecule has 0 spiro atoms. The van der Waals surface area contributed by atoms with Gasteiger partial charge in [0.25, 0.3) is 0 Å². The van der Waals surface area contributed by atoms with Gasteiger partial charge >= 0.3 is 0 Å². The zero-order valence-electron chi connectivity index (χ0n) is 11.6. The first kappa shape index (κ1) is 13.8. The molecule has 0 amide bonds. The molecule has 1 aromatic heterocycles. The summed E-state index contributed by atoms with van der Waals surface area (Å²) in [5, 5.41) is 10.4. The number of rotatable bonds is 4. The summed E-state index contributed by atoms with van der Waals surface area (Å²) in [7, 11) is 2.15. The van der Waals surface area contributed by atoms with Crippen LogP contribution in [0.2, 0.25) is 0 Å². The lowest BCUT2D eigenvalue weighted by atomic mass is 9.86. The molecule has 0 aromatic carbocycles. The summed E-state index contributed by atoms with van der Waals surface area (Å²) in [6.07, 6.45) is 6.14. The first-order valence-electron chi connectivity index (χ1n) is 6.98. The molecule has 1 heterocycles. The van der Waals surface area contributed by atoms with Crippen molar-refractivity contribution in [3.63, 3.8) is 0 Å². The van der Waals surface area contributed by atoms with E-state index in [1.807, 2.05) is 0 Å². The topological polar surface area (TPSA) is 36.4 Å². The molecular formula is C14H24N2OS. The van der Waals surface area contributed by atoms with Crippen LogP contribution in [-0.2, 0) is 13.0 Å². The minimum atomic E-state index is 0.121. The lowest BCUT2D eigenvalue weighted by Gasteiger charge is -2.33. The fourth-order valence-corrected chi connectivity index (χ4v) is 3.87. The van der Waals surface area contributed by atoms with Gasteiger partial charge in [0.15, 0.2) is 5.13 Å². The van der Waals surface area contributed by atoms with Gasteiger partial charge in [0.2, 0.25) is 0 Å². The molecule has 1 fully saturated rings. The minimum Gasteiger partial charge on any atom is -0.391 e.